The predicted molar refractivity (Wildman–Crippen MR) is 370 cm³/mol. The van der Waals surface area contributed by atoms with Crippen molar-refractivity contribution < 1.29 is 47.1 Å². The number of H-pyrrole nitrogens is 1. The number of fused-ring (bicyclic) bond motifs is 2. The molecule has 0 spiro atoms. The molecule has 4 aromatic carbocycles. The van der Waals surface area contributed by atoms with E-state index in [-0.39, 0.29) is 29.7 Å². The summed E-state index contributed by atoms with van der Waals surface area (Å²) in [6, 6.07) is 18.7. The van der Waals surface area contributed by atoms with Gasteiger partial charge in [-0.2, -0.15) is 0 Å². The smallest absolute Gasteiger partial charge is 0.293 e. The van der Waals surface area contributed by atoms with Crippen LogP contribution in [0.1, 0.15) is 215 Å². The molecule has 5 aromatic rings. The summed E-state index contributed by atoms with van der Waals surface area (Å²) < 4.78 is 31.1. The van der Waals surface area contributed by atoms with Gasteiger partial charge in [-0.15, -0.1) is 0 Å². The van der Waals surface area contributed by atoms with E-state index >= 15 is 0 Å². The predicted octanol–water partition coefficient (Wildman–Crippen LogP) is 18.1. The zero-order valence-electron chi connectivity index (χ0n) is 58.3. The minimum atomic E-state index is -0.484. The molecular formula is C74H114ClFN5O8+. The van der Waals surface area contributed by atoms with Crippen molar-refractivity contribution in [2.75, 3.05) is 46.9 Å². The van der Waals surface area contributed by atoms with Crippen molar-refractivity contribution in [3.63, 3.8) is 0 Å². The number of ether oxygens (including phenoxy) is 3. The Morgan fingerprint density at radius 3 is 2.11 bits per heavy atom. The van der Waals surface area contributed by atoms with E-state index in [1.165, 1.54) is 64.3 Å². The van der Waals surface area contributed by atoms with Gasteiger partial charge in [-0.3, -0.25) is 19.2 Å². The van der Waals surface area contributed by atoms with E-state index in [0.29, 0.717) is 50.5 Å². The molecule has 3 atom stereocenters. The molecule has 0 radical (unpaired) electrons. The van der Waals surface area contributed by atoms with Crippen LogP contribution in [0.5, 0.6) is 11.5 Å². The molecule has 89 heavy (non-hydrogen) atoms. The van der Waals surface area contributed by atoms with Crippen LogP contribution in [-0.4, -0.2) is 115 Å². The second-order valence-electron chi connectivity index (χ2n) is 24.5. The minimum absolute atomic E-state index is 0.00329. The molecule has 0 fully saturated rings. The van der Waals surface area contributed by atoms with Crippen LogP contribution in [0.4, 0.5) is 4.39 Å². The first-order valence-electron chi connectivity index (χ1n) is 32.7. The van der Waals surface area contributed by atoms with Gasteiger partial charge in [0.25, 0.3) is 12.4 Å². The molecule has 13 nitrogen and oxygen atoms in total. The van der Waals surface area contributed by atoms with Crippen molar-refractivity contribution in [2.24, 2.45) is 5.92 Å². The fourth-order valence-electron chi connectivity index (χ4n) is 10.3. The molecule has 0 bridgehead atoms. The lowest BCUT2D eigenvalue weighted by atomic mass is 9.82. The summed E-state index contributed by atoms with van der Waals surface area (Å²) in [4.78, 5) is 62.8. The molecule has 1 aliphatic heterocycles. The van der Waals surface area contributed by atoms with Gasteiger partial charge in [-0.1, -0.05) is 123 Å². The Hall–Kier alpha value is -6.38. The second-order valence-corrected chi connectivity index (χ2v) is 24.9. The Bertz CT molecular complexity index is 3010. The number of nitrogens with zero attached hydrogens (tertiary/aromatic N) is 3. The number of halogens is 2. The molecule has 1 aliphatic rings. The SMILES string of the molecule is CC.CC(C)(C)OC=O.CC/C(C)=C(/CCCOc1cccc2cc(F)ccc12)c1ccc(Cl)c(C2=C(C)CC[N+](C)(C)C2C)c1C.CCCC(=O)C(CCC=O)NC=O.CCCC(C)CC.CCCN(CCC)C(=O)COc1cc(C)c2nc(C)[nH]c2c1. The summed E-state index contributed by atoms with van der Waals surface area (Å²) in [5.41, 5.74) is 12.1. The number of aromatic amines is 1. The number of carbonyl (C=O) groups excluding carboxylic acids is 5. The zero-order valence-corrected chi connectivity index (χ0v) is 59.1. The molecule has 0 saturated carbocycles. The van der Waals surface area contributed by atoms with Gasteiger partial charge in [-0.05, 0) is 177 Å². The Balaban J connectivity index is 0.000000651. The van der Waals surface area contributed by atoms with Crippen molar-refractivity contribution in [1.82, 2.24) is 20.2 Å². The van der Waals surface area contributed by atoms with Gasteiger partial charge in [0.1, 0.15) is 41.1 Å². The van der Waals surface area contributed by atoms with E-state index in [0.717, 1.165) is 125 Å². The lowest BCUT2D eigenvalue weighted by Crippen LogP contribution is -2.51. The number of quaternary nitrogens is 1. The maximum absolute atomic E-state index is 13.7. The van der Waals surface area contributed by atoms with Gasteiger partial charge in [0.15, 0.2) is 12.4 Å². The third-order valence-corrected chi connectivity index (χ3v) is 16.2. The fraction of sp³-hybridized carbons (Fsp3) is 0.568. The Kier molecular flexibility index (Phi) is 38.6. The quantitative estimate of drug-likeness (QED) is 0.0297. The van der Waals surface area contributed by atoms with Crippen molar-refractivity contribution in [2.45, 2.75) is 226 Å². The Morgan fingerprint density at radius 1 is 0.888 bits per heavy atom. The van der Waals surface area contributed by atoms with Gasteiger partial charge in [0.2, 0.25) is 6.41 Å². The average Bonchev–Trinajstić information content (AvgIpc) is 1.48. The summed E-state index contributed by atoms with van der Waals surface area (Å²) in [5, 5.41) is 5.06. The molecule has 2 heterocycles. The van der Waals surface area contributed by atoms with Crippen molar-refractivity contribution >= 4 is 75.4 Å². The summed E-state index contributed by atoms with van der Waals surface area (Å²) in [5.74, 6) is 3.15. The van der Waals surface area contributed by atoms with Crippen LogP contribution in [-0.2, 0) is 28.7 Å². The lowest BCUT2D eigenvalue weighted by molar-refractivity contribution is -0.905. The highest BCUT2D eigenvalue weighted by Crippen LogP contribution is 2.42. The van der Waals surface area contributed by atoms with Gasteiger partial charge in [0, 0.05) is 60.0 Å². The Labute approximate surface area is 540 Å². The number of rotatable bonds is 27. The molecule has 15 heteroatoms. The van der Waals surface area contributed by atoms with Gasteiger partial charge in [-0.25, -0.2) is 9.37 Å². The number of allylic oxidation sites excluding steroid dienone is 2. The summed E-state index contributed by atoms with van der Waals surface area (Å²) in [7, 11) is 4.65. The minimum Gasteiger partial charge on any atom is -0.493 e. The van der Waals surface area contributed by atoms with Crippen molar-refractivity contribution in [3.8, 4) is 11.5 Å². The number of aryl methyl sites for hydroxylation is 2. The maximum atomic E-state index is 13.7. The van der Waals surface area contributed by atoms with Crippen molar-refractivity contribution in [3.05, 3.63) is 111 Å². The van der Waals surface area contributed by atoms with Gasteiger partial charge in [0.05, 0.1) is 44.3 Å². The number of imidazole rings is 1. The molecular weight excluding hydrogens is 1140 g/mol. The van der Waals surface area contributed by atoms with Crippen LogP contribution in [0.15, 0.2) is 71.8 Å². The van der Waals surface area contributed by atoms with Crippen LogP contribution in [0, 0.1) is 32.5 Å². The first kappa shape index (κ1) is 80.6. The first-order valence-corrected chi connectivity index (χ1v) is 33.1. The van der Waals surface area contributed by atoms with E-state index < -0.39 is 6.04 Å². The second kappa shape index (κ2) is 42.6. The van der Waals surface area contributed by atoms with Crippen molar-refractivity contribution in [1.29, 1.82) is 0 Å². The van der Waals surface area contributed by atoms with E-state index in [2.05, 4.69) is 115 Å². The average molecular weight is 1260 g/mol. The summed E-state index contributed by atoms with van der Waals surface area (Å²) >= 11 is 6.93. The molecule has 2 N–H and O–H groups in total. The number of aromatic nitrogens is 2. The number of ketones is 1. The van der Waals surface area contributed by atoms with E-state index in [1.54, 1.807) is 12.1 Å². The number of aldehydes is 1. The number of amides is 2. The maximum Gasteiger partial charge on any atom is 0.293 e. The summed E-state index contributed by atoms with van der Waals surface area (Å²) in [6.45, 7) is 41.4. The third-order valence-electron chi connectivity index (χ3n) is 15.9. The van der Waals surface area contributed by atoms with Crippen LogP contribution >= 0.6 is 11.6 Å². The number of Topliss-reactive ketones (excluding diaryl/α,β-unsaturated/α-hetero) is 1. The zero-order chi connectivity index (χ0) is 67.4. The van der Waals surface area contributed by atoms with Crippen LogP contribution in [0.3, 0.4) is 0 Å². The standard InChI is InChI=1S/C34H42ClFNO.C17H25N3O2.C9H15NO3.C7H16.C5H10O2.C2H6/c1-8-22(2)28(12-10-20-38-32-13-9-11-26-21-27(36)14-15-30(26)32)29-16-17-31(35)34(24(29)4)33-23(3)18-19-37(6,7)25(33)5;1-5-7-20(8-6-2)16(21)11-22-14-9-12(3)17-15(10-14)18-13(4)19-17;1-2-4-9(13)8(10-7-12)5-3-6-11;1-4-6-7(3)5-2;1-5(2,3)7-4-6;1-2/h9,11,13-17,21,25H,8,10,12,18-20H2,1-7H3;9-10H,5-8,11H2,1-4H3,(H,18,19);6-8H,2-5H2,1H3,(H,10,12);7H,4-6H2,1-3H3;4H,1-3H3;1-2H3/q+1;;;;;/b28-22-;;;;;. The third kappa shape index (κ3) is 27.7. The molecule has 0 aliphatic carbocycles. The van der Waals surface area contributed by atoms with Crippen LogP contribution in [0.2, 0.25) is 5.02 Å². The lowest BCUT2D eigenvalue weighted by Gasteiger charge is -2.42. The molecule has 1 aromatic heterocycles. The number of likely N-dealkylation sites (N-methyl/N-ethyl adjacent to an activating group) is 1. The highest BCUT2D eigenvalue weighted by atomic mass is 35.5. The van der Waals surface area contributed by atoms with E-state index in [9.17, 15) is 28.4 Å². The van der Waals surface area contributed by atoms with E-state index in [1.807, 2.05) is 90.6 Å². The van der Waals surface area contributed by atoms with Crippen LogP contribution < -0.4 is 14.8 Å². The number of hydrogen-bond donors (Lipinski definition) is 2. The van der Waals surface area contributed by atoms with E-state index in [4.69, 9.17) is 21.1 Å². The first-order chi connectivity index (χ1) is 42.2. The highest BCUT2D eigenvalue weighted by molar-refractivity contribution is 6.32. The molecule has 6 rings (SSSR count). The number of carbonyl (C=O) groups is 5. The number of hydrogen-bond acceptors (Lipinski definition) is 9. The topological polar surface area (TPSA) is 157 Å². The molecule has 2 amide bonds. The largest absolute Gasteiger partial charge is 0.493 e. The molecule has 3 unspecified atom stereocenters. The van der Waals surface area contributed by atoms with Gasteiger partial charge < -0.3 is 38.7 Å². The number of benzene rings is 4. The summed E-state index contributed by atoms with van der Waals surface area (Å²) in [6.07, 6.45) is 13.1. The molecule has 496 valence electrons. The Morgan fingerprint density at radius 2 is 1.56 bits per heavy atom. The monoisotopic (exact) mass is 1250 g/mol. The normalized spacial score (nSPS) is 14.2. The van der Waals surface area contributed by atoms with Crippen LogP contribution in [0.25, 0.3) is 33.0 Å². The fourth-order valence-corrected chi connectivity index (χ4v) is 10.6. The van der Waals surface area contributed by atoms with Gasteiger partial charge >= 0.3 is 0 Å². The highest BCUT2D eigenvalue weighted by Gasteiger charge is 2.35. The number of nitrogens with one attached hydrogen (secondary N) is 2. The molecule has 0 saturated heterocycles.